The Balaban J connectivity index is 1.39. The summed E-state index contributed by atoms with van der Waals surface area (Å²) in [6.45, 7) is 0. The van der Waals surface area contributed by atoms with Crippen LogP contribution in [0.3, 0.4) is 0 Å². The van der Waals surface area contributed by atoms with Gasteiger partial charge in [0.05, 0.1) is 30.4 Å². The number of carboxylic acids is 1. The number of aliphatic carboxylic acids is 1. The number of ether oxygens (including phenoxy) is 1. The Morgan fingerprint density at radius 1 is 1.11 bits per heavy atom. The van der Waals surface area contributed by atoms with Gasteiger partial charge in [-0.05, 0) is 73.9 Å². The van der Waals surface area contributed by atoms with Crippen molar-refractivity contribution in [1.29, 1.82) is 0 Å². The van der Waals surface area contributed by atoms with Crippen molar-refractivity contribution in [2.45, 2.75) is 37.9 Å². The molecule has 3 aromatic rings. The van der Waals surface area contributed by atoms with Crippen LogP contribution in [-0.2, 0) is 4.79 Å². The Hall–Kier alpha value is -3.72. The molecule has 4 N–H and O–H groups in total. The average Bonchev–Trinajstić information content (AvgIpc) is 3.33. The number of hydrogen-bond donors (Lipinski definition) is 4. The second kappa shape index (κ2) is 9.30. The summed E-state index contributed by atoms with van der Waals surface area (Å²) in [6, 6.07) is 9.41. The summed E-state index contributed by atoms with van der Waals surface area (Å²) in [7, 11) is 1.60. The van der Waals surface area contributed by atoms with Crippen LogP contribution in [0.4, 0.5) is 8.78 Å². The number of rotatable bonds is 6. The molecule has 3 fully saturated rings. The molecular formula is C28H28F2N4O3. The number of carbonyl (C=O) groups is 1. The van der Waals surface area contributed by atoms with Gasteiger partial charge in [-0.2, -0.15) is 0 Å². The zero-order valence-electron chi connectivity index (χ0n) is 20.3. The lowest BCUT2D eigenvalue weighted by Crippen LogP contribution is -2.60. The molecule has 1 aliphatic heterocycles. The number of aromatic nitrogens is 1. The monoisotopic (exact) mass is 506 g/mol. The highest BCUT2D eigenvalue weighted by molar-refractivity contribution is 6.12. The number of carboxylic acid groups (broad SMARTS) is 1. The molecule has 0 amide bonds. The van der Waals surface area contributed by atoms with Crippen LogP contribution in [0.5, 0.6) is 5.75 Å². The van der Waals surface area contributed by atoms with Gasteiger partial charge in [-0.3, -0.25) is 10.1 Å². The van der Waals surface area contributed by atoms with E-state index in [0.717, 1.165) is 37.3 Å². The lowest BCUT2D eigenvalue weighted by Gasteiger charge is -2.48. The molecule has 3 saturated carbocycles. The largest absolute Gasteiger partial charge is 0.497 e. The van der Waals surface area contributed by atoms with Crippen LogP contribution < -0.4 is 15.4 Å². The maximum atomic E-state index is 14.4. The lowest BCUT2D eigenvalue weighted by atomic mass is 9.61. The minimum atomic E-state index is -0.765. The molecule has 7 nitrogen and oxygen atoms in total. The molecule has 3 unspecified atom stereocenters. The zero-order chi connectivity index (χ0) is 25.7. The van der Waals surface area contributed by atoms with E-state index in [1.807, 2.05) is 30.3 Å². The van der Waals surface area contributed by atoms with Crippen LogP contribution in [0.2, 0.25) is 0 Å². The molecular weight excluding hydrogens is 478 g/mol. The Bertz CT molecular complexity index is 1410. The van der Waals surface area contributed by atoms with E-state index in [1.54, 1.807) is 13.3 Å². The summed E-state index contributed by atoms with van der Waals surface area (Å²) in [4.78, 5) is 19.9. The fraction of sp³-hybridized carbons (Fsp3) is 0.357. The highest BCUT2D eigenvalue weighted by atomic mass is 19.1. The zero-order valence-corrected chi connectivity index (χ0v) is 20.3. The number of H-pyrrole nitrogens is 1. The van der Waals surface area contributed by atoms with Crippen molar-refractivity contribution in [1.82, 2.24) is 15.6 Å². The maximum Gasteiger partial charge on any atom is 0.308 e. The normalized spacial score (nSPS) is 26.9. The molecule has 9 heteroatoms. The summed E-state index contributed by atoms with van der Waals surface area (Å²) in [5.74, 6) is -0.974. The lowest BCUT2D eigenvalue weighted by molar-refractivity contribution is -0.149. The van der Waals surface area contributed by atoms with Crippen molar-refractivity contribution < 1.29 is 23.4 Å². The fourth-order valence-corrected chi connectivity index (χ4v) is 6.29. The minimum absolute atomic E-state index is 0.168. The van der Waals surface area contributed by atoms with E-state index in [4.69, 9.17) is 9.73 Å². The quantitative estimate of drug-likeness (QED) is 0.390. The third kappa shape index (κ3) is 4.27. The van der Waals surface area contributed by atoms with Gasteiger partial charge in [-0.25, -0.2) is 13.8 Å². The molecule has 1 aromatic heterocycles. The van der Waals surface area contributed by atoms with Crippen molar-refractivity contribution in [3.05, 3.63) is 71.4 Å². The molecule has 192 valence electrons. The first-order valence-electron chi connectivity index (χ1n) is 12.6. The number of benzene rings is 2. The number of nitrogens with one attached hydrogen (secondary N) is 3. The number of fused-ring (bicyclic) bond motifs is 4. The van der Waals surface area contributed by atoms with Crippen LogP contribution in [0, 0.1) is 29.4 Å². The Kier molecular flexibility index (Phi) is 5.95. The van der Waals surface area contributed by atoms with Crippen molar-refractivity contribution in [2.75, 3.05) is 7.11 Å². The van der Waals surface area contributed by atoms with E-state index < -0.39 is 29.7 Å². The number of hydrogen-bond acceptors (Lipinski definition) is 5. The van der Waals surface area contributed by atoms with Crippen LogP contribution in [-0.4, -0.2) is 41.2 Å². The van der Waals surface area contributed by atoms with Crippen molar-refractivity contribution in [2.24, 2.45) is 22.7 Å². The van der Waals surface area contributed by atoms with Crippen LogP contribution in [0.25, 0.3) is 16.6 Å². The highest BCUT2D eigenvalue weighted by Gasteiger charge is 2.47. The Morgan fingerprint density at radius 2 is 1.84 bits per heavy atom. The van der Waals surface area contributed by atoms with Crippen LogP contribution in [0.15, 0.2) is 53.7 Å². The number of amidine groups is 1. The maximum absolute atomic E-state index is 14.4. The molecule has 2 heterocycles. The highest BCUT2D eigenvalue weighted by Crippen LogP contribution is 2.45. The van der Waals surface area contributed by atoms with E-state index in [2.05, 4.69) is 15.6 Å². The Morgan fingerprint density at radius 3 is 2.54 bits per heavy atom. The molecule has 3 atom stereocenters. The topological polar surface area (TPSA) is 98.7 Å². The Labute approximate surface area is 212 Å². The summed E-state index contributed by atoms with van der Waals surface area (Å²) in [5, 5.41) is 17.3. The second-order valence-electron chi connectivity index (χ2n) is 10.1. The molecule has 0 saturated heterocycles. The minimum Gasteiger partial charge on any atom is -0.497 e. The summed E-state index contributed by atoms with van der Waals surface area (Å²) in [5.41, 5.74) is 2.22. The first kappa shape index (κ1) is 23.7. The van der Waals surface area contributed by atoms with Gasteiger partial charge >= 0.3 is 5.97 Å². The third-order valence-corrected chi connectivity index (χ3v) is 8.07. The number of aromatic amines is 1. The average molecular weight is 507 g/mol. The van der Waals surface area contributed by atoms with Gasteiger partial charge < -0.3 is 20.1 Å². The number of aliphatic imine (C=N–C) groups is 1. The van der Waals surface area contributed by atoms with Gasteiger partial charge in [-0.1, -0.05) is 0 Å². The summed E-state index contributed by atoms with van der Waals surface area (Å²) < 4.78 is 33.8. The second-order valence-corrected chi connectivity index (χ2v) is 10.1. The molecule has 7 rings (SSSR count). The molecule has 0 radical (unpaired) electrons. The molecule has 3 aliphatic carbocycles. The third-order valence-electron chi connectivity index (χ3n) is 8.07. The van der Waals surface area contributed by atoms with E-state index in [9.17, 15) is 18.7 Å². The SMILES string of the molecule is COc1ccc(C2=CC(NC3C4CCC(CC4)C3C(=O)O)NC(c3c[nH]c4c(F)cc(F)cc34)=N2)cc1. The smallest absolute Gasteiger partial charge is 0.308 e. The molecule has 37 heavy (non-hydrogen) atoms. The number of methoxy groups -OCH3 is 1. The molecule has 0 spiro atoms. The molecule has 2 aromatic carbocycles. The van der Waals surface area contributed by atoms with Crippen molar-refractivity contribution >= 4 is 28.4 Å². The van der Waals surface area contributed by atoms with E-state index in [1.165, 1.54) is 6.07 Å². The van der Waals surface area contributed by atoms with Gasteiger partial charge in [0.1, 0.15) is 23.2 Å². The summed E-state index contributed by atoms with van der Waals surface area (Å²) in [6.07, 6.45) is 7.02. The molecule has 2 bridgehead atoms. The number of nitrogens with zero attached hydrogens (tertiary/aromatic N) is 1. The van der Waals surface area contributed by atoms with Gasteiger partial charge in [-0.15, -0.1) is 0 Å². The number of halogens is 2. The van der Waals surface area contributed by atoms with Gasteiger partial charge in [0.25, 0.3) is 0 Å². The first-order chi connectivity index (χ1) is 17.9. The fourth-order valence-electron chi connectivity index (χ4n) is 6.29. The first-order valence-corrected chi connectivity index (χ1v) is 12.6. The van der Waals surface area contributed by atoms with E-state index in [-0.39, 0.29) is 23.4 Å². The van der Waals surface area contributed by atoms with Crippen LogP contribution >= 0.6 is 0 Å². The van der Waals surface area contributed by atoms with Gasteiger partial charge in [0, 0.05) is 34.8 Å². The van der Waals surface area contributed by atoms with Crippen molar-refractivity contribution in [3.8, 4) is 5.75 Å². The van der Waals surface area contributed by atoms with Crippen molar-refractivity contribution in [3.63, 3.8) is 0 Å². The predicted octanol–water partition coefficient (Wildman–Crippen LogP) is 4.65. The van der Waals surface area contributed by atoms with Gasteiger partial charge in [0.2, 0.25) is 0 Å². The van der Waals surface area contributed by atoms with Gasteiger partial charge in [0.15, 0.2) is 0 Å². The van der Waals surface area contributed by atoms with E-state index >= 15 is 0 Å². The predicted molar refractivity (Wildman–Crippen MR) is 136 cm³/mol. The standard InChI is InChI=1S/C28H28F2N4O3/c1-37-18-8-6-14(7-9-18)22-12-23(33-25-16-4-2-15(3-5-16)24(25)28(35)36)34-27(32-22)20-13-31-26-19(20)10-17(29)11-21(26)30/h6-13,15-16,23-25,31,33H,2-5H2,1H3,(H,32,34)(H,35,36). The summed E-state index contributed by atoms with van der Waals surface area (Å²) >= 11 is 0. The van der Waals surface area contributed by atoms with Crippen LogP contribution in [0.1, 0.15) is 36.8 Å². The molecule has 4 aliphatic rings. The van der Waals surface area contributed by atoms with E-state index in [0.29, 0.717) is 28.2 Å².